The van der Waals surface area contributed by atoms with Gasteiger partial charge in [0.25, 0.3) is 0 Å². The third kappa shape index (κ3) is 5.80. The van der Waals surface area contributed by atoms with Gasteiger partial charge in [-0.3, -0.25) is 9.59 Å². The van der Waals surface area contributed by atoms with Gasteiger partial charge in [-0.2, -0.15) is 0 Å². The predicted octanol–water partition coefficient (Wildman–Crippen LogP) is 3.70. The molecule has 0 aromatic heterocycles. The number of carbonyl (C=O) groups is 3. The second kappa shape index (κ2) is 10.3. The lowest BCUT2D eigenvalue weighted by molar-refractivity contribution is -0.142. The number of alkyl carbamates (subject to hydrolysis) is 1. The number of fused-ring (bicyclic) bond motifs is 3. The van der Waals surface area contributed by atoms with Crippen molar-refractivity contribution in [2.75, 3.05) is 19.7 Å². The van der Waals surface area contributed by atoms with E-state index in [0.717, 1.165) is 24.0 Å². The summed E-state index contributed by atoms with van der Waals surface area (Å²) in [5, 5.41) is 14.5. The zero-order valence-corrected chi connectivity index (χ0v) is 18.3. The summed E-state index contributed by atoms with van der Waals surface area (Å²) in [4.78, 5) is 35.3. The van der Waals surface area contributed by atoms with E-state index >= 15 is 0 Å². The molecule has 0 radical (unpaired) electrons. The van der Waals surface area contributed by atoms with Gasteiger partial charge < -0.3 is 20.5 Å². The summed E-state index contributed by atoms with van der Waals surface area (Å²) < 4.78 is 5.45. The molecule has 1 fully saturated rings. The number of nitrogens with one attached hydrogen (secondary N) is 2. The first-order chi connectivity index (χ1) is 16.0. The van der Waals surface area contributed by atoms with Crippen molar-refractivity contribution in [2.24, 2.45) is 11.8 Å². The highest BCUT2D eigenvalue weighted by molar-refractivity contribution is 5.88. The lowest BCUT2D eigenvalue weighted by Gasteiger charge is -2.14. The van der Waals surface area contributed by atoms with Gasteiger partial charge in [-0.15, -0.1) is 0 Å². The molecule has 172 valence electrons. The SMILES string of the molecule is O=C(/C=C/CNC(=O)OCC1c2ccccc2-c2ccccc21)NCC(CC1CC1)C(=O)O. The molecule has 2 aromatic rings. The normalized spacial score (nSPS) is 15.5. The number of rotatable bonds is 10. The van der Waals surface area contributed by atoms with Crippen LogP contribution in [0.2, 0.25) is 0 Å². The molecule has 0 aliphatic heterocycles. The van der Waals surface area contributed by atoms with Crippen molar-refractivity contribution in [1.82, 2.24) is 10.6 Å². The molecule has 7 nitrogen and oxygen atoms in total. The molecular weight excluding hydrogens is 420 g/mol. The van der Waals surface area contributed by atoms with Gasteiger partial charge in [-0.05, 0) is 34.6 Å². The highest BCUT2D eigenvalue weighted by atomic mass is 16.5. The summed E-state index contributed by atoms with van der Waals surface area (Å²) in [5.41, 5.74) is 4.62. The summed E-state index contributed by atoms with van der Waals surface area (Å²) in [6.07, 6.45) is 4.98. The monoisotopic (exact) mass is 448 g/mol. The van der Waals surface area contributed by atoms with Crippen LogP contribution in [0.15, 0.2) is 60.7 Å². The first kappa shape index (κ1) is 22.6. The number of amides is 2. The maximum Gasteiger partial charge on any atom is 0.407 e. The molecule has 0 bridgehead atoms. The smallest absolute Gasteiger partial charge is 0.407 e. The summed E-state index contributed by atoms with van der Waals surface area (Å²) in [6.45, 7) is 0.463. The molecule has 0 spiro atoms. The molecule has 2 aliphatic rings. The molecule has 4 rings (SSSR count). The van der Waals surface area contributed by atoms with E-state index in [1.165, 1.54) is 23.3 Å². The van der Waals surface area contributed by atoms with E-state index in [0.29, 0.717) is 12.3 Å². The van der Waals surface area contributed by atoms with Gasteiger partial charge in [0.05, 0.1) is 5.92 Å². The minimum atomic E-state index is -0.886. The molecule has 3 N–H and O–H groups in total. The van der Waals surface area contributed by atoms with Crippen molar-refractivity contribution in [3.8, 4) is 11.1 Å². The van der Waals surface area contributed by atoms with E-state index in [9.17, 15) is 19.5 Å². The van der Waals surface area contributed by atoms with E-state index in [1.54, 1.807) is 0 Å². The van der Waals surface area contributed by atoms with Gasteiger partial charge in [-0.25, -0.2) is 4.79 Å². The average molecular weight is 449 g/mol. The van der Waals surface area contributed by atoms with Crippen molar-refractivity contribution < 1.29 is 24.2 Å². The second-order valence-corrected chi connectivity index (χ2v) is 8.57. The van der Waals surface area contributed by atoms with Crippen LogP contribution in [0.5, 0.6) is 0 Å². The average Bonchev–Trinajstić information content (AvgIpc) is 3.58. The lowest BCUT2D eigenvalue weighted by Crippen LogP contribution is -2.32. The maximum absolute atomic E-state index is 12.1. The van der Waals surface area contributed by atoms with Crippen molar-refractivity contribution in [3.63, 3.8) is 0 Å². The fourth-order valence-corrected chi connectivity index (χ4v) is 4.27. The number of hydrogen-bond acceptors (Lipinski definition) is 4. The molecule has 7 heteroatoms. The van der Waals surface area contributed by atoms with Crippen LogP contribution >= 0.6 is 0 Å². The highest BCUT2D eigenvalue weighted by Gasteiger charge is 2.30. The Bertz CT molecular complexity index is 1010. The molecule has 1 unspecified atom stereocenters. The van der Waals surface area contributed by atoms with Crippen molar-refractivity contribution >= 4 is 18.0 Å². The Morgan fingerprint density at radius 3 is 2.24 bits per heavy atom. The zero-order chi connectivity index (χ0) is 23.2. The van der Waals surface area contributed by atoms with Crippen LogP contribution in [0, 0.1) is 11.8 Å². The Kier molecular flexibility index (Phi) is 7.07. The summed E-state index contributed by atoms with van der Waals surface area (Å²) in [7, 11) is 0. The van der Waals surface area contributed by atoms with Crippen LogP contribution in [0.4, 0.5) is 4.79 Å². The zero-order valence-electron chi connectivity index (χ0n) is 18.3. The first-order valence-electron chi connectivity index (χ1n) is 11.3. The number of aliphatic carboxylic acids is 1. The largest absolute Gasteiger partial charge is 0.481 e. The number of carboxylic acid groups (broad SMARTS) is 1. The minimum absolute atomic E-state index is 0.0118. The van der Waals surface area contributed by atoms with E-state index in [2.05, 4.69) is 34.9 Å². The molecule has 0 saturated heterocycles. The molecule has 2 aromatic carbocycles. The molecular formula is C26H28N2O5. The third-order valence-electron chi connectivity index (χ3n) is 6.16. The Hall–Kier alpha value is -3.61. The molecule has 1 atom stereocenters. The summed E-state index contributed by atoms with van der Waals surface area (Å²) in [5.74, 6) is -1.37. The summed E-state index contributed by atoms with van der Waals surface area (Å²) in [6, 6.07) is 16.2. The Balaban J connectivity index is 1.20. The van der Waals surface area contributed by atoms with Gasteiger partial charge >= 0.3 is 12.1 Å². The van der Waals surface area contributed by atoms with Gasteiger partial charge in [0.2, 0.25) is 5.91 Å². The predicted molar refractivity (Wildman–Crippen MR) is 124 cm³/mol. The van der Waals surface area contributed by atoms with E-state index in [-0.39, 0.29) is 31.5 Å². The Labute approximate surface area is 192 Å². The quantitative estimate of drug-likeness (QED) is 0.481. The first-order valence-corrected chi connectivity index (χ1v) is 11.3. The number of carbonyl (C=O) groups excluding carboxylic acids is 2. The van der Waals surface area contributed by atoms with Crippen LogP contribution in [0.1, 0.15) is 36.3 Å². The van der Waals surface area contributed by atoms with Crippen molar-refractivity contribution in [2.45, 2.75) is 25.2 Å². The van der Waals surface area contributed by atoms with Crippen LogP contribution in [0.25, 0.3) is 11.1 Å². The molecule has 1 saturated carbocycles. The van der Waals surface area contributed by atoms with Gasteiger partial charge in [0, 0.05) is 25.1 Å². The van der Waals surface area contributed by atoms with E-state index < -0.39 is 18.0 Å². The minimum Gasteiger partial charge on any atom is -0.481 e. The standard InChI is InChI=1S/C26H28N2O5/c29-24(28-15-18(25(30)31)14-17-11-12-17)10-5-13-27-26(32)33-16-23-21-8-3-1-6-19(21)20-7-2-4-9-22(20)23/h1-10,17-18,23H,11-16H2,(H,27,32)(H,28,29)(H,30,31)/b10-5+. The number of hydrogen-bond donors (Lipinski definition) is 3. The van der Waals surface area contributed by atoms with Crippen molar-refractivity contribution in [3.05, 3.63) is 71.8 Å². The molecule has 0 heterocycles. The maximum atomic E-state index is 12.1. The van der Waals surface area contributed by atoms with Gasteiger partial charge in [0.1, 0.15) is 6.61 Å². The van der Waals surface area contributed by atoms with E-state index in [4.69, 9.17) is 4.74 Å². The second-order valence-electron chi connectivity index (χ2n) is 8.57. The Morgan fingerprint density at radius 1 is 1.00 bits per heavy atom. The molecule has 2 aliphatic carbocycles. The Morgan fingerprint density at radius 2 is 1.64 bits per heavy atom. The number of benzene rings is 2. The number of ether oxygens (including phenoxy) is 1. The third-order valence-corrected chi connectivity index (χ3v) is 6.16. The fourth-order valence-electron chi connectivity index (χ4n) is 4.27. The van der Waals surface area contributed by atoms with Crippen LogP contribution in [-0.2, 0) is 14.3 Å². The number of carboxylic acids is 1. The van der Waals surface area contributed by atoms with Crippen molar-refractivity contribution in [1.29, 1.82) is 0 Å². The molecule has 2 amide bonds. The summed E-state index contributed by atoms with van der Waals surface area (Å²) >= 11 is 0. The van der Waals surface area contributed by atoms with Gasteiger partial charge in [0.15, 0.2) is 0 Å². The topological polar surface area (TPSA) is 105 Å². The highest BCUT2D eigenvalue weighted by Crippen LogP contribution is 2.44. The van der Waals surface area contributed by atoms with E-state index in [1.807, 2.05) is 24.3 Å². The lowest BCUT2D eigenvalue weighted by atomic mass is 9.98. The van der Waals surface area contributed by atoms with Gasteiger partial charge in [-0.1, -0.05) is 67.4 Å². The molecule has 33 heavy (non-hydrogen) atoms. The van der Waals surface area contributed by atoms with Crippen LogP contribution in [0.3, 0.4) is 0 Å². The fraction of sp³-hybridized carbons (Fsp3) is 0.346. The van der Waals surface area contributed by atoms with Crippen LogP contribution < -0.4 is 10.6 Å². The van der Waals surface area contributed by atoms with Crippen LogP contribution in [-0.4, -0.2) is 42.8 Å².